The van der Waals surface area contributed by atoms with E-state index in [1.54, 1.807) is 24.3 Å². The number of fused-ring (bicyclic) bond motifs is 1. The molecule has 0 bridgehead atoms. The Morgan fingerprint density at radius 3 is 2.29 bits per heavy atom. The number of hydrogen-bond donors (Lipinski definition) is 1. The van der Waals surface area contributed by atoms with E-state index >= 15 is 0 Å². The third kappa shape index (κ3) is 3.82. The first-order chi connectivity index (χ1) is 11.0. The van der Waals surface area contributed by atoms with Crippen LogP contribution in [0.4, 0.5) is 11.4 Å². The van der Waals surface area contributed by atoms with Crippen molar-refractivity contribution < 1.29 is 47.6 Å². The average molecular weight is 350 g/mol. The molecule has 0 fully saturated rings. The molecule has 1 N–H and O–H groups in total. The van der Waals surface area contributed by atoms with Crippen LogP contribution in [0.25, 0.3) is 10.8 Å². The quantitative estimate of drug-likeness (QED) is 0.430. The van der Waals surface area contributed by atoms with Crippen molar-refractivity contribution in [3.63, 3.8) is 0 Å². The minimum atomic E-state index is -4.66. The Labute approximate surface area is 160 Å². The Morgan fingerprint density at radius 2 is 1.54 bits per heavy atom. The zero-order valence-electron chi connectivity index (χ0n) is 12.7. The molecule has 0 saturated heterocycles. The van der Waals surface area contributed by atoms with Crippen LogP contribution in [-0.4, -0.2) is 18.1 Å². The average Bonchev–Trinajstić information content (AvgIpc) is 2.53. The summed E-state index contributed by atoms with van der Waals surface area (Å²) in [6, 6.07) is 16.0. The molecule has 24 heavy (non-hydrogen) atoms. The number of phenols is 1. The van der Waals surface area contributed by atoms with E-state index in [1.807, 2.05) is 12.1 Å². The van der Waals surface area contributed by atoms with Gasteiger partial charge in [0.15, 0.2) is 0 Å². The smallest absolute Gasteiger partial charge is 0.744 e. The molecule has 3 aromatic rings. The first kappa shape index (κ1) is 18.6. The van der Waals surface area contributed by atoms with Crippen LogP contribution in [-0.2, 0) is 10.1 Å². The van der Waals surface area contributed by atoms with Crippen LogP contribution in [0.15, 0.2) is 75.8 Å². The molecule has 0 unspecified atom stereocenters. The summed E-state index contributed by atoms with van der Waals surface area (Å²) >= 11 is 0. The third-order valence-electron chi connectivity index (χ3n) is 3.27. The molecule has 0 aliphatic rings. The van der Waals surface area contributed by atoms with E-state index in [1.165, 1.54) is 24.3 Å². The van der Waals surface area contributed by atoms with Gasteiger partial charge in [-0.3, -0.25) is 0 Å². The van der Waals surface area contributed by atoms with Crippen LogP contribution in [0.5, 0.6) is 5.75 Å². The van der Waals surface area contributed by atoms with Crippen molar-refractivity contribution in [1.82, 2.24) is 0 Å². The van der Waals surface area contributed by atoms with Crippen LogP contribution in [0.2, 0.25) is 0 Å². The summed E-state index contributed by atoms with van der Waals surface area (Å²) in [6.45, 7) is 0. The van der Waals surface area contributed by atoms with Crippen molar-refractivity contribution in [3.05, 3.63) is 60.7 Å². The Hall–Kier alpha value is -1.77. The second-order valence-electron chi connectivity index (χ2n) is 4.78. The van der Waals surface area contributed by atoms with E-state index in [0.717, 1.165) is 5.39 Å². The first-order valence-corrected chi connectivity index (χ1v) is 8.05. The first-order valence-electron chi connectivity index (χ1n) is 6.64. The van der Waals surface area contributed by atoms with Crippen LogP contribution >= 0.6 is 0 Å². The molecule has 0 aliphatic carbocycles. The molecule has 0 atom stereocenters. The van der Waals surface area contributed by atoms with Gasteiger partial charge in [0.25, 0.3) is 0 Å². The van der Waals surface area contributed by atoms with Crippen LogP contribution in [0.3, 0.4) is 0 Å². The van der Waals surface area contributed by atoms with Gasteiger partial charge in [0, 0.05) is 5.39 Å². The summed E-state index contributed by atoms with van der Waals surface area (Å²) in [4.78, 5) is -0.455. The van der Waals surface area contributed by atoms with Gasteiger partial charge in [0.2, 0.25) is 0 Å². The van der Waals surface area contributed by atoms with Crippen molar-refractivity contribution in [1.29, 1.82) is 0 Å². The Kier molecular flexibility index (Phi) is 5.74. The SMILES string of the molecule is O=S(=O)([O-])c1ccccc1N=Nc1c(O)ccc2ccccc12.[Na+]. The minimum Gasteiger partial charge on any atom is -0.744 e. The maximum Gasteiger partial charge on any atom is 1.00 e. The number of rotatable bonds is 3. The Balaban J connectivity index is 0.00000208. The Morgan fingerprint density at radius 1 is 0.875 bits per heavy atom. The molecular formula is C16H11N2NaO4S. The number of aromatic hydroxyl groups is 1. The van der Waals surface area contributed by atoms with Gasteiger partial charge in [-0.25, -0.2) is 8.42 Å². The van der Waals surface area contributed by atoms with E-state index in [4.69, 9.17) is 0 Å². The minimum absolute atomic E-state index is 0. The Bertz CT molecular complexity index is 1020. The van der Waals surface area contributed by atoms with Crippen LogP contribution < -0.4 is 29.6 Å². The number of nitrogens with zero attached hydrogens (tertiary/aromatic N) is 2. The molecule has 6 nitrogen and oxygen atoms in total. The molecule has 0 aliphatic heterocycles. The summed E-state index contributed by atoms with van der Waals surface area (Å²) in [5.41, 5.74) is 0.135. The largest absolute Gasteiger partial charge is 1.00 e. The third-order valence-corrected chi connectivity index (χ3v) is 4.16. The van der Waals surface area contributed by atoms with Gasteiger partial charge < -0.3 is 9.66 Å². The molecule has 0 saturated carbocycles. The van der Waals surface area contributed by atoms with Gasteiger partial charge in [-0.2, -0.15) is 0 Å². The topological polar surface area (TPSA) is 102 Å². The van der Waals surface area contributed by atoms with Gasteiger partial charge in [0.1, 0.15) is 27.2 Å². The van der Waals surface area contributed by atoms with Crippen molar-refractivity contribution >= 4 is 32.3 Å². The van der Waals surface area contributed by atoms with E-state index in [2.05, 4.69) is 10.2 Å². The van der Waals surface area contributed by atoms with Crippen LogP contribution in [0.1, 0.15) is 0 Å². The van der Waals surface area contributed by atoms with Gasteiger partial charge in [-0.1, -0.05) is 42.5 Å². The summed E-state index contributed by atoms with van der Waals surface area (Å²) < 4.78 is 33.7. The standard InChI is InChI=1S/C16H12N2O4S.Na/c19-14-10-9-11-5-1-2-6-12(11)16(14)18-17-13-7-3-4-8-15(13)23(20,21)22;/h1-10,19H,(H,20,21,22);/q;+1/p-1. The van der Waals surface area contributed by atoms with E-state index < -0.39 is 15.0 Å². The summed E-state index contributed by atoms with van der Waals surface area (Å²) in [6.07, 6.45) is 0. The molecule has 0 heterocycles. The van der Waals surface area contributed by atoms with Crippen molar-refractivity contribution in [3.8, 4) is 5.75 Å². The molecule has 0 amide bonds. The van der Waals surface area contributed by atoms with Gasteiger partial charge in [0.05, 0.1) is 4.90 Å². The second kappa shape index (κ2) is 7.42. The molecule has 8 heteroatoms. The number of benzene rings is 3. The molecule has 3 aromatic carbocycles. The monoisotopic (exact) mass is 350 g/mol. The molecule has 3 rings (SSSR count). The van der Waals surface area contributed by atoms with E-state index in [0.29, 0.717) is 5.39 Å². The molecule has 0 aromatic heterocycles. The zero-order chi connectivity index (χ0) is 16.4. The maximum absolute atomic E-state index is 11.2. The summed E-state index contributed by atoms with van der Waals surface area (Å²) in [7, 11) is -4.66. The fraction of sp³-hybridized carbons (Fsp3) is 0. The van der Waals surface area contributed by atoms with Crippen molar-refractivity contribution in [2.24, 2.45) is 10.2 Å². The zero-order valence-corrected chi connectivity index (χ0v) is 15.6. The second-order valence-corrected chi connectivity index (χ2v) is 6.12. The maximum atomic E-state index is 11.2. The van der Waals surface area contributed by atoms with Crippen molar-refractivity contribution in [2.75, 3.05) is 0 Å². The number of phenolic OH excluding ortho intramolecular Hbond substituents is 1. The molecular weight excluding hydrogens is 339 g/mol. The number of hydrogen-bond acceptors (Lipinski definition) is 6. The summed E-state index contributed by atoms with van der Waals surface area (Å²) in [5, 5.41) is 19.3. The van der Waals surface area contributed by atoms with Crippen molar-refractivity contribution in [2.45, 2.75) is 4.90 Å². The number of azo groups is 1. The van der Waals surface area contributed by atoms with E-state index in [9.17, 15) is 18.1 Å². The normalized spacial score (nSPS) is 11.5. The van der Waals surface area contributed by atoms with Crippen LogP contribution in [0, 0.1) is 0 Å². The van der Waals surface area contributed by atoms with Gasteiger partial charge in [-0.05, 0) is 23.6 Å². The molecule has 116 valence electrons. The molecule has 0 spiro atoms. The fourth-order valence-corrected chi connectivity index (χ4v) is 2.81. The molecule has 0 radical (unpaired) electrons. The predicted octanol–water partition coefficient (Wildman–Crippen LogP) is 0.869. The summed E-state index contributed by atoms with van der Waals surface area (Å²) in [5.74, 6) is -0.0880. The van der Waals surface area contributed by atoms with Gasteiger partial charge >= 0.3 is 29.6 Å². The van der Waals surface area contributed by atoms with E-state index in [-0.39, 0.29) is 46.7 Å². The van der Waals surface area contributed by atoms with Gasteiger partial charge in [-0.15, -0.1) is 10.2 Å². The predicted molar refractivity (Wildman–Crippen MR) is 84.2 cm³/mol. The fourth-order valence-electron chi connectivity index (χ4n) is 2.20.